The molecule has 0 spiro atoms. The van der Waals surface area contributed by atoms with Crippen molar-refractivity contribution < 1.29 is 4.79 Å². The van der Waals surface area contributed by atoms with Crippen molar-refractivity contribution in [2.45, 2.75) is 13.8 Å². The lowest BCUT2D eigenvalue weighted by Crippen LogP contribution is -2.46. The summed E-state index contributed by atoms with van der Waals surface area (Å²) >= 11 is 23.9. The van der Waals surface area contributed by atoms with Gasteiger partial charge in [-0.15, -0.1) is 0 Å². The van der Waals surface area contributed by atoms with E-state index < -0.39 is 5.91 Å². The zero-order chi connectivity index (χ0) is 20.4. The minimum Gasteiger partial charge on any atom is -0.369 e. The van der Waals surface area contributed by atoms with Gasteiger partial charge in [0.2, 0.25) is 0 Å². The van der Waals surface area contributed by atoms with Gasteiger partial charge in [-0.3, -0.25) is 4.79 Å². The lowest BCUT2D eigenvalue weighted by Gasteiger charge is -2.36. The van der Waals surface area contributed by atoms with Crippen LogP contribution in [0.25, 0.3) is 0 Å². The zero-order valence-corrected chi connectivity index (χ0v) is 18.6. The first kappa shape index (κ1) is 21.5. The number of anilines is 2. The highest BCUT2D eigenvalue weighted by Crippen LogP contribution is 2.36. The predicted octanol–water partition coefficient (Wildman–Crippen LogP) is 5.40. The summed E-state index contributed by atoms with van der Waals surface area (Å²) < 4.78 is 0. The Morgan fingerprint density at radius 1 is 1.07 bits per heavy atom. The van der Waals surface area contributed by atoms with E-state index in [2.05, 4.69) is 27.0 Å². The Morgan fingerprint density at radius 3 is 2.36 bits per heavy atom. The first-order valence-electron chi connectivity index (χ1n) is 8.91. The van der Waals surface area contributed by atoms with Crippen molar-refractivity contribution in [1.82, 2.24) is 9.88 Å². The Balaban J connectivity index is 1.76. The Hall–Kier alpha value is -1.24. The van der Waals surface area contributed by atoms with Crippen LogP contribution in [-0.4, -0.2) is 48.5 Å². The van der Waals surface area contributed by atoms with Gasteiger partial charge in [0.05, 0.1) is 15.1 Å². The molecule has 2 heterocycles. The van der Waals surface area contributed by atoms with Crippen LogP contribution in [-0.2, 0) is 0 Å². The number of piperazine rings is 1. The quantitative estimate of drug-likeness (QED) is 0.619. The fourth-order valence-corrected chi connectivity index (χ4v) is 4.04. The summed E-state index contributed by atoms with van der Waals surface area (Å²) in [5, 5.41) is 2.71. The van der Waals surface area contributed by atoms with Gasteiger partial charge in [-0.25, -0.2) is 4.98 Å². The molecule has 1 aromatic heterocycles. The summed E-state index contributed by atoms with van der Waals surface area (Å²) in [6, 6.07) is 5.80. The molecular formula is C19H20Cl4N4O. The second kappa shape index (κ2) is 9.06. The third-order valence-corrected chi connectivity index (χ3v) is 6.49. The number of halogens is 4. The number of benzene rings is 1. The summed E-state index contributed by atoms with van der Waals surface area (Å²) in [5.41, 5.74) is 2.81. The molecule has 0 aliphatic carbocycles. The fraction of sp³-hybridized carbons (Fsp3) is 0.368. The largest absolute Gasteiger partial charge is 0.369 e. The topological polar surface area (TPSA) is 48.5 Å². The summed E-state index contributed by atoms with van der Waals surface area (Å²) in [7, 11) is 0. The average molecular weight is 462 g/mol. The molecule has 1 fully saturated rings. The van der Waals surface area contributed by atoms with Crippen molar-refractivity contribution in [2.24, 2.45) is 0 Å². The smallest absolute Gasteiger partial charge is 0.275 e. The van der Waals surface area contributed by atoms with Crippen molar-refractivity contribution >= 4 is 63.7 Å². The number of nitrogens with one attached hydrogen (secondary N) is 1. The number of aryl methyl sites for hydroxylation is 1. The zero-order valence-electron chi connectivity index (χ0n) is 15.5. The number of amides is 1. The molecule has 0 saturated carbocycles. The number of hydrogen-bond donors (Lipinski definition) is 1. The first-order valence-corrected chi connectivity index (χ1v) is 10.4. The van der Waals surface area contributed by atoms with Crippen LogP contribution >= 0.6 is 46.4 Å². The molecule has 5 nitrogen and oxygen atoms in total. The van der Waals surface area contributed by atoms with Gasteiger partial charge in [0, 0.05) is 37.6 Å². The molecule has 0 unspecified atom stereocenters. The molecule has 28 heavy (non-hydrogen) atoms. The van der Waals surface area contributed by atoms with E-state index in [0.717, 1.165) is 38.3 Å². The molecule has 1 aliphatic rings. The van der Waals surface area contributed by atoms with E-state index in [0.29, 0.717) is 5.69 Å². The first-order chi connectivity index (χ1) is 13.3. The number of pyridine rings is 1. The minimum atomic E-state index is -0.505. The van der Waals surface area contributed by atoms with E-state index in [1.54, 1.807) is 0 Å². The molecule has 1 N–H and O–H groups in total. The molecule has 9 heteroatoms. The number of aromatic nitrogens is 1. The van der Waals surface area contributed by atoms with Crippen LogP contribution in [0, 0.1) is 6.92 Å². The molecule has 1 aliphatic heterocycles. The molecule has 1 amide bonds. The van der Waals surface area contributed by atoms with Gasteiger partial charge in [-0.1, -0.05) is 53.3 Å². The third kappa shape index (κ3) is 4.50. The highest BCUT2D eigenvalue weighted by Gasteiger charge is 2.21. The van der Waals surface area contributed by atoms with Crippen LogP contribution < -0.4 is 10.2 Å². The average Bonchev–Trinajstić information content (AvgIpc) is 2.69. The predicted molar refractivity (Wildman–Crippen MR) is 118 cm³/mol. The van der Waals surface area contributed by atoms with Crippen LogP contribution in [0.15, 0.2) is 18.2 Å². The second-order valence-corrected chi connectivity index (χ2v) is 8.06. The number of carbonyl (C=O) groups excluding carboxylic acids is 1. The van der Waals surface area contributed by atoms with E-state index >= 15 is 0 Å². The molecule has 2 aromatic rings. The summed E-state index contributed by atoms with van der Waals surface area (Å²) in [5.74, 6) is -0.505. The van der Waals surface area contributed by atoms with Crippen molar-refractivity contribution in [3.8, 4) is 0 Å². The summed E-state index contributed by atoms with van der Waals surface area (Å²) in [6.45, 7) is 9.36. The van der Waals surface area contributed by atoms with E-state index in [4.69, 9.17) is 46.4 Å². The lowest BCUT2D eigenvalue weighted by atomic mass is 10.1. The van der Waals surface area contributed by atoms with Crippen molar-refractivity contribution in [3.05, 3.63) is 49.7 Å². The SMILES string of the molecule is CCN1CCN(c2ccc(NC(=O)c3nc(Cl)c(Cl)c(Cl)c3Cl)cc2C)CC1. The minimum absolute atomic E-state index is 0.00577. The van der Waals surface area contributed by atoms with E-state index in [1.807, 2.05) is 25.1 Å². The van der Waals surface area contributed by atoms with E-state index in [1.165, 1.54) is 5.69 Å². The monoisotopic (exact) mass is 460 g/mol. The third-order valence-electron chi connectivity index (χ3n) is 4.81. The number of rotatable bonds is 4. The lowest BCUT2D eigenvalue weighted by molar-refractivity contribution is 0.102. The van der Waals surface area contributed by atoms with Gasteiger partial charge < -0.3 is 15.1 Å². The fourth-order valence-electron chi connectivity index (χ4n) is 3.22. The summed E-state index contributed by atoms with van der Waals surface area (Å²) in [4.78, 5) is 21.3. The van der Waals surface area contributed by atoms with E-state index in [-0.39, 0.29) is 25.9 Å². The van der Waals surface area contributed by atoms with Gasteiger partial charge in [0.15, 0.2) is 0 Å². The molecule has 0 atom stereocenters. The number of nitrogens with zero attached hydrogens (tertiary/aromatic N) is 3. The number of carbonyl (C=O) groups is 1. The Morgan fingerprint density at radius 2 is 1.75 bits per heavy atom. The van der Waals surface area contributed by atoms with Gasteiger partial charge in [-0.05, 0) is 37.2 Å². The molecule has 0 bridgehead atoms. The van der Waals surface area contributed by atoms with Crippen LogP contribution in [0.3, 0.4) is 0 Å². The molecule has 1 aromatic carbocycles. The second-order valence-electron chi connectivity index (χ2n) is 6.57. The van der Waals surface area contributed by atoms with Gasteiger partial charge in [0.1, 0.15) is 10.8 Å². The molecule has 0 radical (unpaired) electrons. The van der Waals surface area contributed by atoms with Crippen LogP contribution in [0.1, 0.15) is 23.0 Å². The maximum atomic E-state index is 12.6. The molecular weight excluding hydrogens is 442 g/mol. The number of likely N-dealkylation sites (N-methyl/N-ethyl adjacent to an activating group) is 1. The van der Waals surface area contributed by atoms with Gasteiger partial charge in [-0.2, -0.15) is 0 Å². The molecule has 150 valence electrons. The molecule has 1 saturated heterocycles. The van der Waals surface area contributed by atoms with Crippen molar-refractivity contribution in [3.63, 3.8) is 0 Å². The number of hydrogen-bond acceptors (Lipinski definition) is 4. The van der Waals surface area contributed by atoms with E-state index in [9.17, 15) is 4.79 Å². The summed E-state index contributed by atoms with van der Waals surface area (Å²) in [6.07, 6.45) is 0. The standard InChI is InChI=1S/C19H20Cl4N4O/c1-3-26-6-8-27(9-7-26)13-5-4-12(10-11(13)2)24-19(28)17-15(21)14(20)16(22)18(23)25-17/h4-5,10H,3,6-9H2,1-2H3,(H,24,28). The Labute approximate surface area is 184 Å². The maximum absolute atomic E-state index is 12.6. The van der Waals surface area contributed by atoms with Gasteiger partial charge in [0.25, 0.3) is 5.91 Å². The molecule has 3 rings (SSSR count). The Kier molecular flexibility index (Phi) is 6.94. The van der Waals surface area contributed by atoms with Gasteiger partial charge >= 0.3 is 0 Å². The van der Waals surface area contributed by atoms with Crippen LogP contribution in [0.5, 0.6) is 0 Å². The van der Waals surface area contributed by atoms with Crippen molar-refractivity contribution in [1.29, 1.82) is 0 Å². The van der Waals surface area contributed by atoms with Crippen LogP contribution in [0.4, 0.5) is 11.4 Å². The Bertz CT molecular complexity index is 898. The highest BCUT2D eigenvalue weighted by molar-refractivity contribution is 6.52. The highest BCUT2D eigenvalue weighted by atomic mass is 35.5. The van der Waals surface area contributed by atoms with Crippen LogP contribution in [0.2, 0.25) is 20.2 Å². The maximum Gasteiger partial charge on any atom is 0.275 e. The van der Waals surface area contributed by atoms with Crippen molar-refractivity contribution in [2.75, 3.05) is 42.9 Å². The normalized spacial score (nSPS) is 15.0.